The first-order valence-corrected chi connectivity index (χ1v) is 8.22. The molecule has 1 amide bonds. The molecule has 1 fully saturated rings. The highest BCUT2D eigenvalue weighted by Crippen LogP contribution is 2.23. The van der Waals surface area contributed by atoms with Crippen molar-refractivity contribution in [3.63, 3.8) is 0 Å². The van der Waals surface area contributed by atoms with E-state index in [2.05, 4.69) is 20.2 Å². The lowest BCUT2D eigenvalue weighted by Gasteiger charge is -2.27. The van der Waals surface area contributed by atoms with E-state index in [1.807, 2.05) is 0 Å². The van der Waals surface area contributed by atoms with E-state index in [1.165, 1.54) is 18.8 Å². The summed E-state index contributed by atoms with van der Waals surface area (Å²) in [4.78, 5) is 22.9. The van der Waals surface area contributed by atoms with Gasteiger partial charge in [-0.3, -0.25) is 4.79 Å². The zero-order valence-corrected chi connectivity index (χ0v) is 13.9. The van der Waals surface area contributed by atoms with Crippen LogP contribution in [0.2, 0.25) is 10.0 Å². The van der Waals surface area contributed by atoms with Crippen molar-refractivity contribution in [2.75, 3.05) is 23.3 Å². The predicted molar refractivity (Wildman–Crippen MR) is 92.5 cm³/mol. The highest BCUT2D eigenvalue weighted by Gasteiger charge is 2.15. The third-order valence-electron chi connectivity index (χ3n) is 3.75. The summed E-state index contributed by atoms with van der Waals surface area (Å²) in [5.41, 5.74) is 0.356. The Balaban J connectivity index is 1.75. The summed E-state index contributed by atoms with van der Waals surface area (Å²) < 4.78 is 0. The molecule has 120 valence electrons. The van der Waals surface area contributed by atoms with Crippen LogP contribution in [0.4, 0.5) is 11.6 Å². The third kappa shape index (κ3) is 3.92. The molecule has 2 aromatic rings. The number of carbonyl (C=O) groups is 1. The quantitative estimate of drug-likeness (QED) is 0.907. The van der Waals surface area contributed by atoms with Crippen molar-refractivity contribution >= 4 is 40.7 Å². The summed E-state index contributed by atoms with van der Waals surface area (Å²) in [5.74, 6) is 0.962. The first-order chi connectivity index (χ1) is 11.1. The summed E-state index contributed by atoms with van der Waals surface area (Å²) in [6, 6.07) is 6.54. The molecule has 0 radical (unpaired) electrons. The average Bonchev–Trinajstić information content (AvgIpc) is 2.56. The van der Waals surface area contributed by atoms with E-state index in [-0.39, 0.29) is 5.91 Å². The molecule has 1 N–H and O–H groups in total. The fourth-order valence-electron chi connectivity index (χ4n) is 2.57. The summed E-state index contributed by atoms with van der Waals surface area (Å²) >= 11 is 11.9. The number of nitrogens with one attached hydrogen (secondary N) is 1. The van der Waals surface area contributed by atoms with Gasteiger partial charge in [0.05, 0.1) is 10.6 Å². The number of amides is 1. The summed E-state index contributed by atoms with van der Waals surface area (Å²) in [6.07, 6.45) is 5.03. The van der Waals surface area contributed by atoms with Gasteiger partial charge in [-0.2, -0.15) is 0 Å². The van der Waals surface area contributed by atoms with Gasteiger partial charge in [0.1, 0.15) is 18.0 Å². The molecule has 0 unspecified atom stereocenters. The van der Waals surface area contributed by atoms with Crippen molar-refractivity contribution in [2.24, 2.45) is 0 Å². The zero-order chi connectivity index (χ0) is 16.2. The van der Waals surface area contributed by atoms with E-state index in [1.54, 1.807) is 18.2 Å². The van der Waals surface area contributed by atoms with Crippen molar-refractivity contribution in [3.05, 3.63) is 46.2 Å². The molecule has 5 nitrogen and oxygen atoms in total. The second-order valence-corrected chi connectivity index (χ2v) is 6.23. The lowest BCUT2D eigenvalue weighted by molar-refractivity contribution is 0.102. The maximum Gasteiger partial charge on any atom is 0.258 e. The summed E-state index contributed by atoms with van der Waals surface area (Å²) in [6.45, 7) is 1.96. The monoisotopic (exact) mass is 350 g/mol. The molecule has 3 rings (SSSR count). The van der Waals surface area contributed by atoms with Crippen LogP contribution in [0.1, 0.15) is 29.6 Å². The maximum absolute atomic E-state index is 12.3. The van der Waals surface area contributed by atoms with E-state index in [0.717, 1.165) is 31.7 Å². The fraction of sp³-hybridized carbons (Fsp3) is 0.312. The van der Waals surface area contributed by atoms with Crippen LogP contribution in [0.3, 0.4) is 0 Å². The molecule has 23 heavy (non-hydrogen) atoms. The van der Waals surface area contributed by atoms with Gasteiger partial charge in [0.15, 0.2) is 0 Å². The van der Waals surface area contributed by atoms with E-state index in [0.29, 0.717) is 21.4 Å². The van der Waals surface area contributed by atoms with Gasteiger partial charge >= 0.3 is 0 Å². The van der Waals surface area contributed by atoms with Crippen LogP contribution >= 0.6 is 23.2 Å². The van der Waals surface area contributed by atoms with Crippen molar-refractivity contribution in [2.45, 2.75) is 19.3 Å². The molecule has 0 saturated carbocycles. The van der Waals surface area contributed by atoms with Crippen LogP contribution in [0.5, 0.6) is 0 Å². The molecule has 1 aliphatic rings. The summed E-state index contributed by atoms with van der Waals surface area (Å²) in [7, 11) is 0. The van der Waals surface area contributed by atoms with Crippen LogP contribution in [-0.2, 0) is 0 Å². The number of hydrogen-bond donors (Lipinski definition) is 1. The van der Waals surface area contributed by atoms with Crippen LogP contribution in [0.15, 0.2) is 30.6 Å². The molecule has 1 aromatic carbocycles. The van der Waals surface area contributed by atoms with Gasteiger partial charge in [-0.25, -0.2) is 9.97 Å². The molecule has 1 aliphatic heterocycles. The zero-order valence-electron chi connectivity index (χ0n) is 12.4. The average molecular weight is 351 g/mol. The second-order valence-electron chi connectivity index (χ2n) is 5.39. The molecule has 0 aliphatic carbocycles. The van der Waals surface area contributed by atoms with E-state index in [9.17, 15) is 4.79 Å². The second kappa shape index (κ2) is 7.15. The Hall–Kier alpha value is -1.85. The lowest BCUT2D eigenvalue weighted by Crippen LogP contribution is -2.30. The molecule has 2 heterocycles. The van der Waals surface area contributed by atoms with Gasteiger partial charge in [0.2, 0.25) is 0 Å². The Morgan fingerprint density at radius 2 is 1.87 bits per heavy atom. The molecule has 1 aromatic heterocycles. The largest absolute Gasteiger partial charge is 0.356 e. The van der Waals surface area contributed by atoms with Gasteiger partial charge < -0.3 is 10.2 Å². The maximum atomic E-state index is 12.3. The third-order valence-corrected chi connectivity index (χ3v) is 4.30. The Labute approximate surface area is 144 Å². The van der Waals surface area contributed by atoms with E-state index in [4.69, 9.17) is 23.2 Å². The van der Waals surface area contributed by atoms with Crippen LogP contribution < -0.4 is 10.2 Å². The molecular weight excluding hydrogens is 335 g/mol. The predicted octanol–water partition coefficient (Wildman–Crippen LogP) is 4.03. The Morgan fingerprint density at radius 3 is 2.61 bits per heavy atom. The van der Waals surface area contributed by atoms with Crippen molar-refractivity contribution in [1.29, 1.82) is 0 Å². The van der Waals surface area contributed by atoms with Crippen molar-refractivity contribution in [1.82, 2.24) is 9.97 Å². The molecule has 7 heteroatoms. The number of benzene rings is 1. The number of piperidine rings is 1. The Morgan fingerprint density at radius 1 is 1.09 bits per heavy atom. The number of halogens is 2. The smallest absolute Gasteiger partial charge is 0.258 e. The number of aromatic nitrogens is 2. The number of carbonyl (C=O) groups excluding carboxylic acids is 1. The van der Waals surface area contributed by atoms with Crippen molar-refractivity contribution < 1.29 is 4.79 Å². The Kier molecular flexibility index (Phi) is 4.98. The van der Waals surface area contributed by atoms with E-state index >= 15 is 0 Å². The van der Waals surface area contributed by atoms with Crippen LogP contribution in [-0.4, -0.2) is 29.0 Å². The van der Waals surface area contributed by atoms with Crippen LogP contribution in [0, 0.1) is 0 Å². The van der Waals surface area contributed by atoms with Crippen molar-refractivity contribution in [3.8, 4) is 0 Å². The minimum atomic E-state index is -0.324. The molecule has 0 bridgehead atoms. The minimum Gasteiger partial charge on any atom is -0.356 e. The normalized spacial score (nSPS) is 14.6. The molecule has 1 saturated heterocycles. The van der Waals surface area contributed by atoms with Gasteiger partial charge in [0, 0.05) is 24.2 Å². The highest BCUT2D eigenvalue weighted by atomic mass is 35.5. The molecular formula is C16H16Cl2N4O. The Bertz CT molecular complexity index is 717. The SMILES string of the molecule is O=C(Nc1cc(N2CCCCC2)ncn1)c1ccc(Cl)cc1Cl. The number of rotatable bonds is 3. The summed E-state index contributed by atoms with van der Waals surface area (Å²) in [5, 5.41) is 3.55. The number of anilines is 2. The lowest BCUT2D eigenvalue weighted by atomic mass is 10.1. The van der Waals surface area contributed by atoms with Gasteiger partial charge in [-0.15, -0.1) is 0 Å². The first kappa shape index (κ1) is 16.0. The number of nitrogens with zero attached hydrogens (tertiary/aromatic N) is 3. The van der Waals surface area contributed by atoms with Gasteiger partial charge in [-0.05, 0) is 37.5 Å². The standard InChI is InChI=1S/C16H16Cl2N4O/c17-11-4-5-12(13(18)8-11)16(23)21-14-9-15(20-10-19-14)22-6-2-1-3-7-22/h4-5,8-10H,1-3,6-7H2,(H,19,20,21,23). The molecule has 0 atom stereocenters. The van der Waals surface area contributed by atoms with Gasteiger partial charge in [0.25, 0.3) is 5.91 Å². The fourth-order valence-corrected chi connectivity index (χ4v) is 3.06. The first-order valence-electron chi connectivity index (χ1n) is 7.47. The minimum absolute atomic E-state index is 0.306. The highest BCUT2D eigenvalue weighted by molar-refractivity contribution is 6.37. The topological polar surface area (TPSA) is 58.1 Å². The van der Waals surface area contributed by atoms with E-state index < -0.39 is 0 Å². The number of hydrogen-bond acceptors (Lipinski definition) is 4. The van der Waals surface area contributed by atoms with Crippen LogP contribution in [0.25, 0.3) is 0 Å². The molecule has 0 spiro atoms. The van der Waals surface area contributed by atoms with Gasteiger partial charge in [-0.1, -0.05) is 23.2 Å².